The van der Waals surface area contributed by atoms with E-state index in [0.29, 0.717) is 6.29 Å². The van der Waals surface area contributed by atoms with Gasteiger partial charge in [-0.1, -0.05) is 19.3 Å². The van der Waals surface area contributed by atoms with Gasteiger partial charge in [0.1, 0.15) is 5.60 Å². The Balaban J connectivity index is 2.18. The maximum absolute atomic E-state index is 10.6. The molecule has 3 heteroatoms. The van der Waals surface area contributed by atoms with Crippen LogP contribution < -0.4 is 0 Å². The Labute approximate surface area is 76.9 Å². The van der Waals surface area contributed by atoms with Gasteiger partial charge in [0.2, 0.25) is 0 Å². The van der Waals surface area contributed by atoms with Crippen LogP contribution in [0.15, 0.2) is 0 Å². The van der Waals surface area contributed by atoms with Gasteiger partial charge >= 0.3 is 0 Å². The Kier molecular flexibility index (Phi) is 1.74. The highest BCUT2D eigenvalue weighted by Crippen LogP contribution is 2.65. The molecule has 2 rings (SSSR count). The summed E-state index contributed by atoms with van der Waals surface area (Å²) in [6, 6.07) is 0. The topological polar surface area (TPSA) is 37.3 Å². The van der Waals surface area contributed by atoms with Crippen molar-refractivity contribution in [3.8, 4) is 0 Å². The number of halogens is 1. The zero-order chi connectivity index (χ0) is 8.82. The summed E-state index contributed by atoms with van der Waals surface area (Å²) in [5, 5.41) is 9.45. The molecule has 0 aromatic heterocycles. The van der Waals surface area contributed by atoms with Crippen LogP contribution in [-0.2, 0) is 4.79 Å². The number of carbonyl (C=O) groups excluding carboxylic acids is 1. The molecule has 1 spiro atoms. The van der Waals surface area contributed by atoms with E-state index in [1.807, 2.05) is 0 Å². The average molecular weight is 189 g/mol. The molecule has 0 aromatic carbocycles. The minimum Gasteiger partial charge on any atom is -0.380 e. The summed E-state index contributed by atoms with van der Waals surface area (Å²) >= 11 is 5.95. The van der Waals surface area contributed by atoms with E-state index >= 15 is 0 Å². The van der Waals surface area contributed by atoms with E-state index in [9.17, 15) is 9.90 Å². The third kappa shape index (κ3) is 0.775. The Bertz CT molecular complexity index is 211. The van der Waals surface area contributed by atoms with Gasteiger partial charge in [-0.3, -0.25) is 0 Å². The fourth-order valence-corrected chi connectivity index (χ4v) is 3.16. The van der Waals surface area contributed by atoms with Crippen LogP contribution in [0.3, 0.4) is 0 Å². The Morgan fingerprint density at radius 2 is 1.92 bits per heavy atom. The number of hydrogen-bond acceptors (Lipinski definition) is 2. The highest BCUT2D eigenvalue weighted by Gasteiger charge is 2.75. The average Bonchev–Trinajstić information content (AvgIpc) is 2.56. The number of aldehydes is 1. The lowest BCUT2D eigenvalue weighted by molar-refractivity contribution is -0.119. The summed E-state index contributed by atoms with van der Waals surface area (Å²) in [6.45, 7) is 0. The largest absolute Gasteiger partial charge is 0.380 e. The van der Waals surface area contributed by atoms with Crippen LogP contribution >= 0.6 is 11.6 Å². The third-order valence-corrected chi connectivity index (χ3v) is 4.26. The molecule has 2 aliphatic rings. The first-order valence-corrected chi connectivity index (χ1v) is 4.94. The van der Waals surface area contributed by atoms with E-state index in [2.05, 4.69) is 0 Å². The minimum absolute atomic E-state index is 0.255. The van der Waals surface area contributed by atoms with Crippen molar-refractivity contribution in [2.45, 2.75) is 43.1 Å². The van der Waals surface area contributed by atoms with Gasteiger partial charge in [-0.25, -0.2) is 0 Å². The highest BCUT2D eigenvalue weighted by atomic mass is 35.5. The highest BCUT2D eigenvalue weighted by molar-refractivity contribution is 6.26. The molecule has 0 bridgehead atoms. The van der Waals surface area contributed by atoms with Crippen LogP contribution in [-0.4, -0.2) is 22.4 Å². The molecule has 0 saturated heterocycles. The van der Waals surface area contributed by atoms with Gasteiger partial charge in [0.25, 0.3) is 0 Å². The molecule has 2 unspecified atom stereocenters. The first kappa shape index (κ1) is 8.52. The SMILES string of the molecule is O=CC1(O)C(Cl)C12CCCCC2. The van der Waals surface area contributed by atoms with Gasteiger partial charge in [0.05, 0.1) is 5.38 Å². The van der Waals surface area contributed by atoms with E-state index in [0.717, 1.165) is 25.7 Å². The van der Waals surface area contributed by atoms with Crippen molar-refractivity contribution in [1.82, 2.24) is 0 Å². The first-order valence-electron chi connectivity index (χ1n) is 4.50. The van der Waals surface area contributed by atoms with Crippen LogP contribution in [0.1, 0.15) is 32.1 Å². The second kappa shape index (κ2) is 2.46. The second-order valence-electron chi connectivity index (χ2n) is 4.02. The molecule has 0 radical (unpaired) electrons. The molecule has 2 nitrogen and oxygen atoms in total. The van der Waals surface area contributed by atoms with E-state index in [1.165, 1.54) is 6.42 Å². The van der Waals surface area contributed by atoms with Crippen molar-refractivity contribution in [2.75, 3.05) is 0 Å². The lowest BCUT2D eigenvalue weighted by atomic mass is 9.83. The maximum atomic E-state index is 10.6. The van der Waals surface area contributed by atoms with Gasteiger partial charge in [0, 0.05) is 5.41 Å². The van der Waals surface area contributed by atoms with Crippen LogP contribution in [0, 0.1) is 5.41 Å². The van der Waals surface area contributed by atoms with E-state index < -0.39 is 5.60 Å². The van der Waals surface area contributed by atoms with Crippen molar-refractivity contribution in [3.05, 3.63) is 0 Å². The van der Waals surface area contributed by atoms with E-state index in [4.69, 9.17) is 11.6 Å². The zero-order valence-corrected chi connectivity index (χ0v) is 7.68. The third-order valence-electron chi connectivity index (χ3n) is 3.51. The molecule has 0 heterocycles. The summed E-state index contributed by atoms with van der Waals surface area (Å²) in [6.07, 6.45) is 5.86. The van der Waals surface area contributed by atoms with Crippen LogP contribution in [0.25, 0.3) is 0 Å². The summed E-state index contributed by atoms with van der Waals surface area (Å²) in [5.41, 5.74) is -1.45. The molecule has 12 heavy (non-hydrogen) atoms. The Morgan fingerprint density at radius 1 is 1.33 bits per heavy atom. The van der Waals surface area contributed by atoms with E-state index in [1.54, 1.807) is 0 Å². The summed E-state index contributed by atoms with van der Waals surface area (Å²) < 4.78 is 0. The lowest BCUT2D eigenvalue weighted by Crippen LogP contribution is -2.23. The quantitative estimate of drug-likeness (QED) is 0.500. The van der Waals surface area contributed by atoms with Crippen molar-refractivity contribution < 1.29 is 9.90 Å². The minimum atomic E-state index is -1.20. The predicted octanol–water partition coefficient (Wildman–Crippen LogP) is 1.49. The first-order chi connectivity index (χ1) is 5.67. The molecule has 2 saturated carbocycles. The normalized spacial score (nSPS) is 44.3. The number of hydrogen-bond donors (Lipinski definition) is 1. The van der Waals surface area contributed by atoms with Crippen LogP contribution in [0.5, 0.6) is 0 Å². The molecule has 2 atom stereocenters. The molecule has 0 aliphatic heterocycles. The Hall–Kier alpha value is -0.0800. The zero-order valence-electron chi connectivity index (χ0n) is 6.92. The van der Waals surface area contributed by atoms with Gasteiger partial charge in [0.15, 0.2) is 6.29 Å². The predicted molar refractivity (Wildman–Crippen MR) is 46.2 cm³/mol. The van der Waals surface area contributed by atoms with Crippen LogP contribution in [0.4, 0.5) is 0 Å². The summed E-state index contributed by atoms with van der Waals surface area (Å²) in [4.78, 5) is 10.6. The van der Waals surface area contributed by atoms with Gasteiger partial charge in [-0.15, -0.1) is 11.6 Å². The summed E-state index contributed by atoms with van der Waals surface area (Å²) in [5.74, 6) is 0. The van der Waals surface area contributed by atoms with Crippen LogP contribution in [0.2, 0.25) is 0 Å². The number of alkyl halides is 1. The molecule has 68 valence electrons. The van der Waals surface area contributed by atoms with Crippen molar-refractivity contribution in [1.29, 1.82) is 0 Å². The molecule has 1 N–H and O–H groups in total. The van der Waals surface area contributed by atoms with Crippen molar-refractivity contribution in [2.24, 2.45) is 5.41 Å². The van der Waals surface area contributed by atoms with Gasteiger partial charge in [-0.05, 0) is 12.8 Å². The van der Waals surface area contributed by atoms with Gasteiger partial charge in [-0.2, -0.15) is 0 Å². The second-order valence-corrected chi connectivity index (χ2v) is 4.46. The summed E-state index contributed by atoms with van der Waals surface area (Å²) in [7, 11) is 0. The van der Waals surface area contributed by atoms with E-state index in [-0.39, 0.29) is 10.8 Å². The number of aliphatic hydroxyl groups is 1. The molecular weight excluding hydrogens is 176 g/mol. The molecule has 2 aliphatic carbocycles. The lowest BCUT2D eigenvalue weighted by Gasteiger charge is -2.22. The smallest absolute Gasteiger partial charge is 0.153 e. The fourth-order valence-electron chi connectivity index (χ4n) is 2.56. The van der Waals surface area contributed by atoms with Crippen molar-refractivity contribution in [3.63, 3.8) is 0 Å². The monoisotopic (exact) mass is 188 g/mol. The standard InChI is InChI=1S/C9H13ClO2/c10-7-8(9(7,12)6-11)4-2-1-3-5-8/h6-7,12H,1-5H2. The fraction of sp³-hybridized carbons (Fsp3) is 0.889. The molecule has 0 aromatic rings. The maximum Gasteiger partial charge on any atom is 0.153 e. The number of carbonyl (C=O) groups is 1. The molecule has 2 fully saturated rings. The van der Waals surface area contributed by atoms with Gasteiger partial charge < -0.3 is 9.90 Å². The number of rotatable bonds is 1. The Morgan fingerprint density at radius 3 is 2.33 bits per heavy atom. The molecule has 0 amide bonds. The van der Waals surface area contributed by atoms with Crippen molar-refractivity contribution >= 4 is 17.9 Å². The molecular formula is C9H13ClO2.